The normalized spacial score (nSPS) is 11.9. The van der Waals surface area contributed by atoms with Gasteiger partial charge in [0.15, 0.2) is 0 Å². The average molecular weight is 137 g/mol. The minimum Gasteiger partial charge on any atom is -0.232 e. The molecule has 0 spiro atoms. The summed E-state index contributed by atoms with van der Waals surface area (Å²) in [6.07, 6.45) is 0. The van der Waals surface area contributed by atoms with Crippen molar-refractivity contribution in [3.05, 3.63) is 5.57 Å². The molecule has 0 aromatic carbocycles. The van der Waals surface area contributed by atoms with Crippen LogP contribution in [0.3, 0.4) is 0 Å². The van der Waals surface area contributed by atoms with E-state index in [0.717, 1.165) is 0 Å². The fraction of sp³-hybridized carbons (Fsp3) is 0.625. The van der Waals surface area contributed by atoms with Gasteiger partial charge in [0.25, 0.3) is 0 Å². The Kier molecular flexibility index (Phi) is 3.46. The Bertz CT molecular complexity index is 194. The molecule has 0 fully saturated rings. The molecule has 0 saturated heterocycles. The van der Waals surface area contributed by atoms with Crippen molar-refractivity contribution in [3.8, 4) is 6.07 Å². The van der Waals surface area contributed by atoms with Crippen molar-refractivity contribution < 1.29 is 4.79 Å². The average Bonchev–Trinajstić information content (AvgIpc) is 1.90. The number of allylic oxidation sites excluding steroid dienone is 1. The SMILES string of the molecule is CC(C)C(C)C(=C=O)C#N. The van der Waals surface area contributed by atoms with E-state index in [9.17, 15) is 4.79 Å². The van der Waals surface area contributed by atoms with Crippen molar-refractivity contribution >= 4 is 5.94 Å². The summed E-state index contributed by atoms with van der Waals surface area (Å²) < 4.78 is 0. The maximum absolute atomic E-state index is 10.1. The molecule has 0 bridgehead atoms. The molecule has 0 N–H and O–H groups in total. The third kappa shape index (κ3) is 2.05. The number of rotatable bonds is 2. The first kappa shape index (κ1) is 8.94. The van der Waals surface area contributed by atoms with Crippen LogP contribution in [0.2, 0.25) is 0 Å². The number of carbonyl (C=O) groups excluding carboxylic acids is 1. The predicted molar refractivity (Wildman–Crippen MR) is 38.8 cm³/mol. The Morgan fingerprint density at radius 1 is 1.40 bits per heavy atom. The van der Waals surface area contributed by atoms with Crippen molar-refractivity contribution in [2.24, 2.45) is 11.8 Å². The van der Waals surface area contributed by atoms with E-state index in [0.29, 0.717) is 5.92 Å². The van der Waals surface area contributed by atoms with E-state index in [1.165, 1.54) is 0 Å². The molecule has 0 aliphatic heterocycles. The molecule has 0 saturated carbocycles. The molecule has 54 valence electrons. The van der Waals surface area contributed by atoms with Gasteiger partial charge >= 0.3 is 0 Å². The molecule has 10 heavy (non-hydrogen) atoms. The largest absolute Gasteiger partial charge is 0.232 e. The Morgan fingerprint density at radius 3 is 2.00 bits per heavy atom. The minimum atomic E-state index is 0.0301. The highest BCUT2D eigenvalue weighted by atomic mass is 16.1. The summed E-state index contributed by atoms with van der Waals surface area (Å²) in [6.45, 7) is 5.80. The maximum Gasteiger partial charge on any atom is 0.139 e. The molecular formula is C8H11NO. The van der Waals surface area contributed by atoms with Crippen LogP contribution < -0.4 is 0 Å². The van der Waals surface area contributed by atoms with Crippen molar-refractivity contribution in [1.82, 2.24) is 0 Å². The van der Waals surface area contributed by atoms with Gasteiger partial charge in [0, 0.05) is 5.92 Å². The van der Waals surface area contributed by atoms with Gasteiger partial charge in [-0.25, -0.2) is 4.79 Å². The third-order valence-electron chi connectivity index (χ3n) is 1.69. The Balaban J connectivity index is 4.36. The quantitative estimate of drug-likeness (QED) is 0.428. The zero-order chi connectivity index (χ0) is 8.15. The van der Waals surface area contributed by atoms with Gasteiger partial charge in [-0.2, -0.15) is 5.26 Å². The van der Waals surface area contributed by atoms with Crippen LogP contribution in [0.5, 0.6) is 0 Å². The van der Waals surface area contributed by atoms with Crippen LogP contribution in [0.25, 0.3) is 0 Å². The predicted octanol–water partition coefficient (Wildman–Crippen LogP) is 1.56. The summed E-state index contributed by atoms with van der Waals surface area (Å²) in [6, 6.07) is 1.83. The second-order valence-corrected chi connectivity index (χ2v) is 2.66. The molecule has 1 unspecified atom stereocenters. The number of hydrogen-bond donors (Lipinski definition) is 0. The second kappa shape index (κ2) is 3.87. The summed E-state index contributed by atoms with van der Waals surface area (Å²) >= 11 is 0. The van der Waals surface area contributed by atoms with E-state index < -0.39 is 0 Å². The fourth-order valence-electron chi connectivity index (χ4n) is 0.551. The lowest BCUT2D eigenvalue weighted by Crippen LogP contribution is -2.06. The number of nitriles is 1. The van der Waals surface area contributed by atoms with Crippen LogP contribution in [0.1, 0.15) is 20.8 Å². The zero-order valence-electron chi connectivity index (χ0n) is 6.51. The molecule has 0 heterocycles. The Morgan fingerprint density at radius 2 is 1.90 bits per heavy atom. The second-order valence-electron chi connectivity index (χ2n) is 2.66. The van der Waals surface area contributed by atoms with Crippen LogP contribution in [0.4, 0.5) is 0 Å². The smallest absolute Gasteiger partial charge is 0.139 e. The first-order chi connectivity index (χ1) is 4.63. The van der Waals surface area contributed by atoms with E-state index in [1.807, 2.05) is 26.8 Å². The van der Waals surface area contributed by atoms with E-state index in [1.54, 1.807) is 5.94 Å². The van der Waals surface area contributed by atoms with Crippen LogP contribution in [-0.2, 0) is 4.79 Å². The summed E-state index contributed by atoms with van der Waals surface area (Å²) in [5.41, 5.74) is 0.218. The minimum absolute atomic E-state index is 0.0301. The summed E-state index contributed by atoms with van der Waals surface area (Å²) in [7, 11) is 0. The zero-order valence-corrected chi connectivity index (χ0v) is 6.51. The Hall–Kier alpha value is -1.06. The van der Waals surface area contributed by atoms with Crippen LogP contribution in [-0.4, -0.2) is 5.94 Å². The summed E-state index contributed by atoms with van der Waals surface area (Å²) in [5.74, 6) is 2.00. The first-order valence-electron chi connectivity index (χ1n) is 3.28. The van der Waals surface area contributed by atoms with Crippen LogP contribution >= 0.6 is 0 Å². The highest BCUT2D eigenvalue weighted by molar-refractivity contribution is 5.59. The Labute approximate surface area is 61.2 Å². The van der Waals surface area contributed by atoms with E-state index >= 15 is 0 Å². The molecule has 0 aromatic heterocycles. The molecule has 2 heteroatoms. The van der Waals surface area contributed by atoms with Gasteiger partial charge in [0.2, 0.25) is 0 Å². The highest BCUT2D eigenvalue weighted by Crippen LogP contribution is 2.16. The van der Waals surface area contributed by atoms with Gasteiger partial charge in [-0.1, -0.05) is 20.8 Å². The molecule has 2 nitrogen and oxygen atoms in total. The molecule has 0 rings (SSSR count). The van der Waals surface area contributed by atoms with Crippen molar-refractivity contribution in [2.45, 2.75) is 20.8 Å². The van der Waals surface area contributed by atoms with E-state index in [-0.39, 0.29) is 11.5 Å². The lowest BCUT2D eigenvalue weighted by atomic mass is 9.92. The lowest BCUT2D eigenvalue weighted by Gasteiger charge is -2.10. The maximum atomic E-state index is 10.1. The van der Waals surface area contributed by atoms with Gasteiger partial charge in [0.1, 0.15) is 17.6 Å². The van der Waals surface area contributed by atoms with Gasteiger partial charge in [0.05, 0.1) is 0 Å². The standard InChI is InChI=1S/C8H11NO/c1-6(2)7(3)8(4-9)5-10/h6-7H,1-3H3. The molecular weight excluding hydrogens is 126 g/mol. The molecule has 0 radical (unpaired) electrons. The lowest BCUT2D eigenvalue weighted by molar-refractivity contribution is 0.486. The van der Waals surface area contributed by atoms with Crippen molar-refractivity contribution in [2.75, 3.05) is 0 Å². The van der Waals surface area contributed by atoms with Gasteiger partial charge < -0.3 is 0 Å². The molecule has 0 aliphatic rings. The molecule has 0 aromatic rings. The number of nitrogens with zero attached hydrogens (tertiary/aromatic N) is 1. The van der Waals surface area contributed by atoms with Gasteiger partial charge in [-0.05, 0) is 5.92 Å². The molecule has 0 aliphatic carbocycles. The van der Waals surface area contributed by atoms with E-state index in [4.69, 9.17) is 5.26 Å². The van der Waals surface area contributed by atoms with Gasteiger partial charge in [-0.15, -0.1) is 0 Å². The fourth-order valence-corrected chi connectivity index (χ4v) is 0.551. The monoisotopic (exact) mass is 137 g/mol. The first-order valence-corrected chi connectivity index (χ1v) is 3.28. The topological polar surface area (TPSA) is 40.9 Å². The van der Waals surface area contributed by atoms with Crippen molar-refractivity contribution in [1.29, 1.82) is 5.26 Å². The van der Waals surface area contributed by atoms with E-state index in [2.05, 4.69) is 0 Å². The molecule has 0 amide bonds. The molecule has 1 atom stereocenters. The number of hydrogen-bond acceptors (Lipinski definition) is 2. The third-order valence-corrected chi connectivity index (χ3v) is 1.69. The van der Waals surface area contributed by atoms with Crippen LogP contribution in [0, 0.1) is 23.2 Å². The van der Waals surface area contributed by atoms with Crippen LogP contribution in [0.15, 0.2) is 5.57 Å². The highest BCUT2D eigenvalue weighted by Gasteiger charge is 2.12. The van der Waals surface area contributed by atoms with Gasteiger partial charge in [-0.3, -0.25) is 0 Å². The van der Waals surface area contributed by atoms with Crippen molar-refractivity contribution in [3.63, 3.8) is 0 Å². The summed E-state index contributed by atoms with van der Waals surface area (Å²) in [4.78, 5) is 10.1. The summed E-state index contributed by atoms with van der Waals surface area (Å²) in [5, 5.41) is 8.40.